The van der Waals surface area contributed by atoms with Crippen LogP contribution in [0.15, 0.2) is 73.2 Å². The molecule has 29 heavy (non-hydrogen) atoms. The minimum absolute atomic E-state index is 0.344. The van der Waals surface area contributed by atoms with Gasteiger partial charge in [0.25, 0.3) is 5.24 Å². The molecule has 0 fully saturated rings. The van der Waals surface area contributed by atoms with E-state index in [1.54, 1.807) is 48.9 Å². The number of aromatic nitrogens is 3. The predicted octanol–water partition coefficient (Wildman–Crippen LogP) is 5.96. The standard InChI is InChI=1S/C23H13ClFN3O/c24-23(29)14-5-3-13(4-6-14)21-17(25)7-8-18-22(21)16-10-19(27-12-20(16)28-18)15-2-1-9-26-11-15/h1-12,28H. The number of nitrogens with one attached hydrogen (secondary N) is 1. The van der Waals surface area contributed by atoms with Gasteiger partial charge in [-0.1, -0.05) is 12.1 Å². The third kappa shape index (κ3) is 2.96. The van der Waals surface area contributed by atoms with Gasteiger partial charge in [0.1, 0.15) is 5.82 Å². The molecular formula is C23H13ClFN3O. The second-order valence-corrected chi connectivity index (χ2v) is 7.02. The Morgan fingerprint density at radius 3 is 2.52 bits per heavy atom. The number of pyridine rings is 2. The molecule has 0 atom stereocenters. The van der Waals surface area contributed by atoms with E-state index in [0.717, 1.165) is 33.1 Å². The van der Waals surface area contributed by atoms with Gasteiger partial charge in [-0.2, -0.15) is 0 Å². The van der Waals surface area contributed by atoms with Crippen LogP contribution < -0.4 is 0 Å². The molecule has 5 rings (SSSR count). The Morgan fingerprint density at radius 1 is 0.966 bits per heavy atom. The fourth-order valence-electron chi connectivity index (χ4n) is 3.59. The third-order valence-electron chi connectivity index (χ3n) is 4.95. The largest absolute Gasteiger partial charge is 0.353 e. The summed E-state index contributed by atoms with van der Waals surface area (Å²) in [6.07, 6.45) is 5.19. The molecule has 0 bridgehead atoms. The average molecular weight is 402 g/mol. The van der Waals surface area contributed by atoms with E-state index in [2.05, 4.69) is 15.0 Å². The maximum absolute atomic E-state index is 15.0. The molecule has 0 saturated heterocycles. The van der Waals surface area contributed by atoms with E-state index in [9.17, 15) is 9.18 Å². The summed E-state index contributed by atoms with van der Waals surface area (Å²) in [5, 5.41) is 1.08. The molecule has 2 aromatic carbocycles. The molecule has 0 aliphatic rings. The topological polar surface area (TPSA) is 58.6 Å². The van der Waals surface area contributed by atoms with Gasteiger partial charge in [-0.15, -0.1) is 0 Å². The normalized spacial score (nSPS) is 11.2. The van der Waals surface area contributed by atoms with Crippen LogP contribution in [0.2, 0.25) is 0 Å². The van der Waals surface area contributed by atoms with Crippen molar-refractivity contribution in [2.24, 2.45) is 0 Å². The van der Waals surface area contributed by atoms with Crippen LogP contribution in [-0.2, 0) is 0 Å². The zero-order chi connectivity index (χ0) is 20.0. The molecule has 0 spiro atoms. The van der Waals surface area contributed by atoms with E-state index in [-0.39, 0.29) is 5.82 Å². The second kappa shape index (κ2) is 6.79. The molecule has 3 heterocycles. The van der Waals surface area contributed by atoms with Gasteiger partial charge in [0.2, 0.25) is 0 Å². The van der Waals surface area contributed by atoms with Crippen molar-refractivity contribution in [3.05, 3.63) is 84.6 Å². The van der Waals surface area contributed by atoms with E-state index in [4.69, 9.17) is 11.6 Å². The van der Waals surface area contributed by atoms with Gasteiger partial charge in [-0.3, -0.25) is 14.8 Å². The lowest BCUT2D eigenvalue weighted by Gasteiger charge is -2.07. The summed E-state index contributed by atoms with van der Waals surface area (Å²) in [4.78, 5) is 23.3. The molecule has 5 aromatic rings. The lowest BCUT2D eigenvalue weighted by Crippen LogP contribution is -1.90. The minimum atomic E-state index is -0.547. The molecule has 4 nitrogen and oxygen atoms in total. The molecule has 1 N–H and O–H groups in total. The average Bonchev–Trinajstić information content (AvgIpc) is 3.12. The highest BCUT2D eigenvalue weighted by molar-refractivity contribution is 6.67. The van der Waals surface area contributed by atoms with Crippen LogP contribution in [0.25, 0.3) is 44.2 Å². The van der Waals surface area contributed by atoms with Crippen molar-refractivity contribution in [2.45, 2.75) is 0 Å². The van der Waals surface area contributed by atoms with Crippen molar-refractivity contribution >= 4 is 38.6 Å². The van der Waals surface area contributed by atoms with Gasteiger partial charge < -0.3 is 4.98 Å². The van der Waals surface area contributed by atoms with E-state index in [1.165, 1.54) is 6.07 Å². The van der Waals surface area contributed by atoms with Crippen molar-refractivity contribution in [1.82, 2.24) is 15.0 Å². The summed E-state index contributed by atoms with van der Waals surface area (Å²) in [6.45, 7) is 0. The molecular weight excluding hydrogens is 389 g/mol. The first-order valence-electron chi connectivity index (χ1n) is 8.92. The van der Waals surface area contributed by atoms with Crippen LogP contribution in [0, 0.1) is 5.82 Å². The van der Waals surface area contributed by atoms with Crippen LogP contribution >= 0.6 is 11.6 Å². The highest BCUT2D eigenvalue weighted by Crippen LogP contribution is 2.37. The summed E-state index contributed by atoms with van der Waals surface area (Å²) in [7, 11) is 0. The summed E-state index contributed by atoms with van der Waals surface area (Å²) < 4.78 is 15.0. The summed E-state index contributed by atoms with van der Waals surface area (Å²) >= 11 is 5.53. The first-order valence-corrected chi connectivity index (χ1v) is 9.30. The van der Waals surface area contributed by atoms with Crippen molar-refractivity contribution in [2.75, 3.05) is 0 Å². The lowest BCUT2D eigenvalue weighted by atomic mass is 9.97. The van der Waals surface area contributed by atoms with Crippen LogP contribution in [0.1, 0.15) is 10.4 Å². The van der Waals surface area contributed by atoms with Gasteiger partial charge in [0.15, 0.2) is 0 Å². The molecule has 0 aliphatic heterocycles. The van der Waals surface area contributed by atoms with Gasteiger partial charge in [0, 0.05) is 45.4 Å². The fraction of sp³-hybridized carbons (Fsp3) is 0. The Bertz CT molecular complexity index is 1380. The zero-order valence-electron chi connectivity index (χ0n) is 15.0. The molecule has 0 aliphatic carbocycles. The maximum atomic E-state index is 15.0. The molecule has 0 saturated carbocycles. The highest BCUT2D eigenvalue weighted by atomic mass is 35.5. The van der Waals surface area contributed by atoms with Crippen LogP contribution in [-0.4, -0.2) is 20.2 Å². The maximum Gasteiger partial charge on any atom is 0.252 e. The summed E-state index contributed by atoms with van der Waals surface area (Å²) in [5.74, 6) is -0.344. The Kier molecular flexibility index (Phi) is 4.11. The number of nitrogens with zero attached hydrogens (tertiary/aromatic N) is 2. The zero-order valence-corrected chi connectivity index (χ0v) is 15.7. The Labute approximate surface area is 170 Å². The predicted molar refractivity (Wildman–Crippen MR) is 112 cm³/mol. The molecule has 0 unspecified atom stereocenters. The molecule has 0 radical (unpaired) electrons. The van der Waals surface area contributed by atoms with Crippen LogP contribution in [0.3, 0.4) is 0 Å². The number of hydrogen-bond donors (Lipinski definition) is 1. The Hall–Kier alpha value is -3.57. The van der Waals surface area contributed by atoms with E-state index in [0.29, 0.717) is 16.7 Å². The fourth-order valence-corrected chi connectivity index (χ4v) is 3.72. The molecule has 0 amide bonds. The van der Waals surface area contributed by atoms with Gasteiger partial charge in [-0.25, -0.2) is 4.39 Å². The molecule has 6 heteroatoms. The number of halogens is 2. The monoisotopic (exact) mass is 401 g/mol. The lowest BCUT2D eigenvalue weighted by molar-refractivity contribution is 0.108. The summed E-state index contributed by atoms with van der Waals surface area (Å²) in [6, 6.07) is 15.5. The Morgan fingerprint density at radius 2 is 1.79 bits per heavy atom. The van der Waals surface area contributed by atoms with Crippen molar-refractivity contribution in [3.8, 4) is 22.4 Å². The Balaban J connectivity index is 1.79. The number of aromatic amines is 1. The highest BCUT2D eigenvalue weighted by Gasteiger charge is 2.16. The van der Waals surface area contributed by atoms with E-state index in [1.807, 2.05) is 18.2 Å². The first kappa shape index (κ1) is 17.5. The van der Waals surface area contributed by atoms with E-state index < -0.39 is 5.24 Å². The number of benzene rings is 2. The van der Waals surface area contributed by atoms with Crippen LogP contribution in [0.5, 0.6) is 0 Å². The number of H-pyrrole nitrogens is 1. The molecule has 140 valence electrons. The smallest absolute Gasteiger partial charge is 0.252 e. The number of rotatable bonds is 3. The third-order valence-corrected chi connectivity index (χ3v) is 5.17. The first-order chi connectivity index (χ1) is 14.1. The number of hydrogen-bond acceptors (Lipinski definition) is 3. The minimum Gasteiger partial charge on any atom is -0.353 e. The number of carbonyl (C=O) groups excluding carboxylic acids is 1. The second-order valence-electron chi connectivity index (χ2n) is 6.68. The van der Waals surface area contributed by atoms with E-state index >= 15 is 0 Å². The SMILES string of the molecule is O=C(Cl)c1ccc(-c2c(F)ccc3[nH]c4cnc(-c5cccnc5)cc4c23)cc1. The number of fused-ring (bicyclic) bond motifs is 3. The molecule has 3 aromatic heterocycles. The van der Waals surface area contributed by atoms with Crippen LogP contribution in [0.4, 0.5) is 4.39 Å². The van der Waals surface area contributed by atoms with Crippen molar-refractivity contribution in [3.63, 3.8) is 0 Å². The van der Waals surface area contributed by atoms with Gasteiger partial charge >= 0.3 is 0 Å². The van der Waals surface area contributed by atoms with Gasteiger partial charge in [-0.05, 0) is 59.6 Å². The van der Waals surface area contributed by atoms with Crippen molar-refractivity contribution < 1.29 is 9.18 Å². The quantitative estimate of drug-likeness (QED) is 0.379. The van der Waals surface area contributed by atoms with Gasteiger partial charge in [0.05, 0.1) is 17.4 Å². The summed E-state index contributed by atoms with van der Waals surface area (Å²) in [5.41, 5.74) is 4.74. The van der Waals surface area contributed by atoms with Crippen molar-refractivity contribution in [1.29, 1.82) is 0 Å². The number of carbonyl (C=O) groups is 1.